The van der Waals surface area contributed by atoms with Crippen molar-refractivity contribution in [2.45, 2.75) is 0 Å². The van der Waals surface area contributed by atoms with Gasteiger partial charge < -0.3 is 9.47 Å². The van der Waals surface area contributed by atoms with Gasteiger partial charge in [0, 0.05) is 11.6 Å². The summed E-state index contributed by atoms with van der Waals surface area (Å²) in [4.78, 5) is 26.5. The molecule has 7 nitrogen and oxygen atoms in total. The quantitative estimate of drug-likeness (QED) is 0.360. The van der Waals surface area contributed by atoms with Crippen molar-refractivity contribution in [3.05, 3.63) is 74.4 Å². The van der Waals surface area contributed by atoms with Gasteiger partial charge in [0.05, 0.1) is 12.0 Å². The maximum atomic E-state index is 12.0. The van der Waals surface area contributed by atoms with E-state index in [4.69, 9.17) is 21.1 Å². The molecule has 0 aliphatic carbocycles. The van der Waals surface area contributed by atoms with Crippen molar-refractivity contribution in [3.8, 4) is 5.75 Å². The van der Waals surface area contributed by atoms with Crippen LogP contribution in [0.1, 0.15) is 11.1 Å². The lowest BCUT2D eigenvalue weighted by atomic mass is 10.1. The molecule has 0 saturated heterocycles. The highest BCUT2D eigenvalue weighted by atomic mass is 35.5. The Labute approximate surface area is 147 Å². The van der Waals surface area contributed by atoms with Gasteiger partial charge in [-0.2, -0.15) is 0 Å². The third-order valence-corrected chi connectivity index (χ3v) is 3.75. The number of nitrogens with zero attached hydrogens (tertiary/aromatic N) is 2. The van der Waals surface area contributed by atoms with Crippen LogP contribution in [0, 0.1) is 10.1 Å². The Morgan fingerprint density at radius 3 is 2.60 bits per heavy atom. The van der Waals surface area contributed by atoms with Gasteiger partial charge in [0.15, 0.2) is 5.70 Å². The lowest BCUT2D eigenvalue weighted by molar-refractivity contribution is -0.384. The van der Waals surface area contributed by atoms with Crippen LogP contribution in [-0.2, 0) is 9.53 Å². The van der Waals surface area contributed by atoms with Crippen molar-refractivity contribution in [2.75, 3.05) is 7.11 Å². The number of rotatable bonds is 4. The second-order valence-electron chi connectivity index (χ2n) is 5.03. The van der Waals surface area contributed by atoms with E-state index in [1.807, 2.05) is 0 Å². The average Bonchev–Trinajstić information content (AvgIpc) is 2.97. The van der Waals surface area contributed by atoms with Crippen molar-refractivity contribution >= 4 is 35.2 Å². The average molecular weight is 359 g/mol. The summed E-state index contributed by atoms with van der Waals surface area (Å²) in [5.74, 6) is 0.184. The first-order valence-corrected chi connectivity index (χ1v) is 7.46. The largest absolute Gasteiger partial charge is 0.497 e. The summed E-state index contributed by atoms with van der Waals surface area (Å²) < 4.78 is 10.2. The van der Waals surface area contributed by atoms with E-state index in [-0.39, 0.29) is 22.3 Å². The Morgan fingerprint density at radius 2 is 1.96 bits per heavy atom. The highest BCUT2D eigenvalue weighted by molar-refractivity contribution is 6.32. The van der Waals surface area contributed by atoms with E-state index in [1.165, 1.54) is 18.2 Å². The molecule has 0 radical (unpaired) electrons. The van der Waals surface area contributed by atoms with E-state index in [9.17, 15) is 14.9 Å². The summed E-state index contributed by atoms with van der Waals surface area (Å²) in [5, 5.41) is 11.0. The van der Waals surface area contributed by atoms with E-state index in [0.29, 0.717) is 16.9 Å². The number of nitro groups is 1. The molecule has 0 spiro atoms. The zero-order chi connectivity index (χ0) is 18.0. The van der Waals surface area contributed by atoms with Crippen molar-refractivity contribution in [1.82, 2.24) is 0 Å². The molecule has 0 atom stereocenters. The maximum absolute atomic E-state index is 12.0. The van der Waals surface area contributed by atoms with Crippen LogP contribution in [0.5, 0.6) is 5.75 Å². The van der Waals surface area contributed by atoms with Gasteiger partial charge in [-0.15, -0.1) is 0 Å². The van der Waals surface area contributed by atoms with Gasteiger partial charge in [-0.1, -0.05) is 17.7 Å². The second kappa shape index (κ2) is 6.74. The molecule has 0 saturated carbocycles. The molecule has 126 valence electrons. The fraction of sp³-hybridized carbons (Fsp3) is 0.0588. The number of benzene rings is 2. The third kappa shape index (κ3) is 3.51. The zero-order valence-corrected chi connectivity index (χ0v) is 13.7. The fourth-order valence-electron chi connectivity index (χ4n) is 2.18. The van der Waals surface area contributed by atoms with Crippen LogP contribution >= 0.6 is 11.6 Å². The number of carbonyl (C=O) groups is 1. The molecule has 25 heavy (non-hydrogen) atoms. The number of methoxy groups -OCH3 is 1. The molecular formula is C17H11ClN2O5. The van der Waals surface area contributed by atoms with E-state index < -0.39 is 10.9 Å². The Hall–Kier alpha value is -3.19. The first-order valence-electron chi connectivity index (χ1n) is 7.09. The summed E-state index contributed by atoms with van der Waals surface area (Å²) in [7, 11) is 1.55. The van der Waals surface area contributed by atoms with Crippen LogP contribution in [-0.4, -0.2) is 23.9 Å². The predicted molar refractivity (Wildman–Crippen MR) is 91.7 cm³/mol. The number of carbonyl (C=O) groups excluding carboxylic acids is 1. The summed E-state index contributed by atoms with van der Waals surface area (Å²) in [6.45, 7) is 0. The molecule has 0 aromatic heterocycles. The summed E-state index contributed by atoms with van der Waals surface area (Å²) >= 11 is 5.77. The molecule has 3 rings (SSSR count). The lowest BCUT2D eigenvalue weighted by Gasteiger charge is -2.01. The molecule has 1 heterocycles. The van der Waals surface area contributed by atoms with Crippen molar-refractivity contribution in [3.63, 3.8) is 0 Å². The second-order valence-corrected chi connectivity index (χ2v) is 5.44. The van der Waals surface area contributed by atoms with Crippen LogP contribution < -0.4 is 4.74 Å². The van der Waals surface area contributed by atoms with Crippen LogP contribution in [0.3, 0.4) is 0 Å². The molecule has 1 aliphatic rings. The number of hydrogen-bond acceptors (Lipinski definition) is 6. The molecule has 0 fully saturated rings. The Bertz CT molecular complexity index is 919. The van der Waals surface area contributed by atoms with Gasteiger partial charge in [0.2, 0.25) is 5.90 Å². The van der Waals surface area contributed by atoms with Gasteiger partial charge in [-0.05, 0) is 42.0 Å². The number of hydrogen-bond donors (Lipinski definition) is 0. The zero-order valence-electron chi connectivity index (χ0n) is 12.9. The Kier molecular flexibility index (Phi) is 4.49. The summed E-state index contributed by atoms with van der Waals surface area (Å²) in [6.07, 6.45) is 1.40. The molecule has 1 aliphatic heterocycles. The van der Waals surface area contributed by atoms with Gasteiger partial charge in [-0.25, -0.2) is 9.79 Å². The third-order valence-electron chi connectivity index (χ3n) is 3.43. The minimum absolute atomic E-state index is 0.0172. The standard InChI is InChI=1S/C17H11ClN2O5/c1-24-12-5-3-11(4-6-12)16-19-14(17(21)25-16)8-10-2-7-13(18)15(9-10)20(22)23/h2-9H,1H3/b14-8-. The van der Waals surface area contributed by atoms with Crippen molar-refractivity contribution < 1.29 is 19.2 Å². The fourth-order valence-corrected chi connectivity index (χ4v) is 2.37. The SMILES string of the molecule is COc1ccc(C2=N/C(=C\c3ccc(Cl)c([N+](=O)[O-])c3)C(=O)O2)cc1. The first kappa shape index (κ1) is 16.7. The summed E-state index contributed by atoms with van der Waals surface area (Å²) in [5.41, 5.74) is 0.826. The number of nitro benzene ring substituents is 1. The Balaban J connectivity index is 1.93. The molecule has 0 N–H and O–H groups in total. The lowest BCUT2D eigenvalue weighted by Crippen LogP contribution is -2.05. The molecule has 0 bridgehead atoms. The minimum atomic E-state index is -0.636. The normalized spacial score (nSPS) is 15.0. The number of ether oxygens (including phenoxy) is 2. The van der Waals surface area contributed by atoms with Crippen LogP contribution in [0.15, 0.2) is 53.2 Å². The van der Waals surface area contributed by atoms with E-state index >= 15 is 0 Å². The number of aliphatic imine (C=N–C) groups is 1. The van der Waals surface area contributed by atoms with Crippen LogP contribution in [0.4, 0.5) is 5.69 Å². The number of cyclic esters (lactones) is 1. The molecule has 0 unspecified atom stereocenters. The summed E-state index contributed by atoms with van der Waals surface area (Å²) in [6, 6.07) is 11.1. The van der Waals surface area contributed by atoms with E-state index in [2.05, 4.69) is 4.99 Å². The van der Waals surface area contributed by atoms with Gasteiger partial charge >= 0.3 is 5.97 Å². The molecule has 2 aromatic carbocycles. The molecular weight excluding hydrogens is 348 g/mol. The molecule has 0 amide bonds. The maximum Gasteiger partial charge on any atom is 0.363 e. The topological polar surface area (TPSA) is 91.0 Å². The first-order chi connectivity index (χ1) is 12.0. The van der Waals surface area contributed by atoms with E-state index in [0.717, 1.165) is 0 Å². The van der Waals surface area contributed by atoms with Gasteiger partial charge in [0.25, 0.3) is 5.69 Å². The monoisotopic (exact) mass is 358 g/mol. The van der Waals surface area contributed by atoms with Crippen molar-refractivity contribution in [2.24, 2.45) is 4.99 Å². The van der Waals surface area contributed by atoms with Crippen LogP contribution in [0.2, 0.25) is 5.02 Å². The number of esters is 1. The van der Waals surface area contributed by atoms with Crippen molar-refractivity contribution in [1.29, 1.82) is 0 Å². The van der Waals surface area contributed by atoms with Crippen LogP contribution in [0.25, 0.3) is 6.08 Å². The minimum Gasteiger partial charge on any atom is -0.497 e. The van der Waals surface area contributed by atoms with E-state index in [1.54, 1.807) is 37.4 Å². The smallest absolute Gasteiger partial charge is 0.363 e. The molecule has 2 aromatic rings. The number of halogens is 1. The van der Waals surface area contributed by atoms with Gasteiger partial charge in [-0.3, -0.25) is 10.1 Å². The predicted octanol–water partition coefficient (Wildman–Crippen LogP) is 3.60. The van der Waals surface area contributed by atoms with Gasteiger partial charge in [0.1, 0.15) is 10.8 Å². The molecule has 8 heteroatoms. The highest BCUT2D eigenvalue weighted by Crippen LogP contribution is 2.27. The Morgan fingerprint density at radius 1 is 1.24 bits per heavy atom. The highest BCUT2D eigenvalue weighted by Gasteiger charge is 2.24.